The van der Waals surface area contributed by atoms with Crippen molar-refractivity contribution in [3.05, 3.63) is 0 Å². The van der Waals surface area contributed by atoms with E-state index in [-0.39, 0.29) is 23.7 Å². The van der Waals surface area contributed by atoms with Crippen molar-refractivity contribution in [3.63, 3.8) is 0 Å². The van der Waals surface area contributed by atoms with E-state index >= 15 is 0 Å². The Balaban J connectivity index is 1.68. The summed E-state index contributed by atoms with van der Waals surface area (Å²) in [5, 5.41) is 3.11. The Morgan fingerprint density at radius 1 is 1.37 bits per heavy atom. The average molecular weight is 271 g/mol. The smallest absolute Gasteiger partial charge is 0.220 e. The van der Waals surface area contributed by atoms with Crippen molar-refractivity contribution in [2.75, 3.05) is 26.9 Å². The van der Waals surface area contributed by atoms with Gasteiger partial charge in [-0.15, -0.1) is 0 Å². The monoisotopic (exact) mass is 271 g/mol. The molecule has 1 saturated heterocycles. The van der Waals surface area contributed by atoms with Crippen LogP contribution in [0.15, 0.2) is 0 Å². The quantitative estimate of drug-likeness (QED) is 0.822. The summed E-state index contributed by atoms with van der Waals surface area (Å²) >= 11 is 0. The highest BCUT2D eigenvalue weighted by molar-refractivity contribution is 5.76. The molecule has 19 heavy (non-hydrogen) atoms. The molecule has 0 aromatic rings. The van der Waals surface area contributed by atoms with E-state index in [1.54, 1.807) is 7.11 Å². The lowest BCUT2D eigenvalue weighted by molar-refractivity contribution is -0.180. The minimum Gasteiger partial charge on any atom is -0.384 e. The van der Waals surface area contributed by atoms with Gasteiger partial charge < -0.3 is 19.5 Å². The largest absolute Gasteiger partial charge is 0.384 e. The van der Waals surface area contributed by atoms with Crippen molar-refractivity contribution in [1.29, 1.82) is 0 Å². The zero-order chi connectivity index (χ0) is 13.7. The number of hydrogen-bond acceptors (Lipinski definition) is 4. The molecule has 1 aliphatic carbocycles. The summed E-state index contributed by atoms with van der Waals surface area (Å²) in [6.07, 6.45) is 4.16. The molecule has 0 radical (unpaired) electrons. The van der Waals surface area contributed by atoms with Gasteiger partial charge in [-0.05, 0) is 18.8 Å². The van der Waals surface area contributed by atoms with Gasteiger partial charge in [0.1, 0.15) is 0 Å². The topological polar surface area (TPSA) is 56.8 Å². The summed E-state index contributed by atoms with van der Waals surface area (Å²) in [6.45, 7) is 4.05. The Bertz CT molecular complexity index is 292. The van der Waals surface area contributed by atoms with Crippen LogP contribution in [0, 0.1) is 5.92 Å². The molecule has 1 amide bonds. The van der Waals surface area contributed by atoms with Gasteiger partial charge in [0, 0.05) is 39.0 Å². The number of rotatable bonds is 5. The van der Waals surface area contributed by atoms with Crippen LogP contribution in [0.1, 0.15) is 39.0 Å². The molecule has 1 heterocycles. The standard InChI is InChI=1S/C14H25NO4/c1-11(10-17-2)9-13(16)15-12-3-5-14(6-4-12)18-7-8-19-14/h11-12H,3-10H2,1-2H3,(H,15,16). The Hall–Kier alpha value is -0.650. The maximum absolute atomic E-state index is 11.9. The van der Waals surface area contributed by atoms with Crippen molar-refractivity contribution < 1.29 is 19.0 Å². The van der Waals surface area contributed by atoms with Crippen LogP contribution in [0.5, 0.6) is 0 Å². The van der Waals surface area contributed by atoms with E-state index in [2.05, 4.69) is 5.32 Å². The van der Waals surface area contributed by atoms with Gasteiger partial charge in [-0.2, -0.15) is 0 Å². The first-order valence-electron chi connectivity index (χ1n) is 7.20. The lowest BCUT2D eigenvalue weighted by Gasteiger charge is -2.35. The molecule has 5 nitrogen and oxygen atoms in total. The summed E-state index contributed by atoms with van der Waals surface area (Å²) < 4.78 is 16.4. The SMILES string of the molecule is COCC(C)CC(=O)NC1CCC2(CC1)OCCO2. The van der Waals surface area contributed by atoms with E-state index in [1.165, 1.54) is 0 Å². The fraction of sp³-hybridized carbons (Fsp3) is 0.929. The molecule has 0 bridgehead atoms. The van der Waals surface area contributed by atoms with Crippen LogP contribution in [0.2, 0.25) is 0 Å². The van der Waals surface area contributed by atoms with E-state index in [0.717, 1.165) is 25.7 Å². The van der Waals surface area contributed by atoms with Gasteiger partial charge in [0.05, 0.1) is 13.2 Å². The lowest BCUT2D eigenvalue weighted by atomic mass is 9.90. The summed E-state index contributed by atoms with van der Waals surface area (Å²) in [5.74, 6) is 0.0464. The summed E-state index contributed by atoms with van der Waals surface area (Å²) in [6, 6.07) is 0.265. The molecule has 1 unspecified atom stereocenters. The first-order chi connectivity index (χ1) is 9.13. The number of hydrogen-bond donors (Lipinski definition) is 1. The molecule has 1 atom stereocenters. The summed E-state index contributed by atoms with van der Waals surface area (Å²) in [7, 11) is 1.66. The zero-order valence-corrected chi connectivity index (χ0v) is 11.9. The number of amides is 1. The van der Waals surface area contributed by atoms with Crippen LogP contribution in [0.4, 0.5) is 0 Å². The minimum absolute atomic E-state index is 0.124. The highest BCUT2D eigenvalue weighted by Gasteiger charge is 2.40. The molecule has 1 saturated carbocycles. The van der Waals surface area contributed by atoms with Crippen LogP contribution in [-0.2, 0) is 19.0 Å². The molecule has 110 valence electrons. The Morgan fingerprint density at radius 2 is 2.00 bits per heavy atom. The van der Waals surface area contributed by atoms with Gasteiger partial charge in [0.2, 0.25) is 5.91 Å². The summed E-state index contributed by atoms with van der Waals surface area (Å²) in [4.78, 5) is 11.9. The molecule has 0 aromatic heterocycles. The van der Waals surface area contributed by atoms with Gasteiger partial charge in [-0.3, -0.25) is 4.79 Å². The van der Waals surface area contributed by atoms with E-state index in [9.17, 15) is 4.79 Å². The predicted molar refractivity (Wildman–Crippen MR) is 70.7 cm³/mol. The molecular formula is C14H25NO4. The third-order valence-corrected chi connectivity index (χ3v) is 3.91. The number of carbonyl (C=O) groups excluding carboxylic acids is 1. The number of nitrogens with one attached hydrogen (secondary N) is 1. The fourth-order valence-electron chi connectivity index (χ4n) is 2.93. The second kappa shape index (κ2) is 6.68. The van der Waals surface area contributed by atoms with Gasteiger partial charge in [0.25, 0.3) is 0 Å². The molecule has 5 heteroatoms. The Labute approximate surface area is 115 Å². The normalized spacial score (nSPS) is 24.5. The van der Waals surface area contributed by atoms with Crippen molar-refractivity contribution in [2.45, 2.75) is 50.9 Å². The van der Waals surface area contributed by atoms with Gasteiger partial charge >= 0.3 is 0 Å². The molecule has 1 aliphatic heterocycles. The number of methoxy groups -OCH3 is 1. The highest BCUT2D eigenvalue weighted by Crippen LogP contribution is 2.35. The Kier molecular flexibility index (Phi) is 5.19. The average Bonchev–Trinajstić information content (AvgIpc) is 2.81. The van der Waals surface area contributed by atoms with Crippen LogP contribution in [-0.4, -0.2) is 44.7 Å². The first-order valence-corrected chi connectivity index (χ1v) is 7.20. The van der Waals surface area contributed by atoms with Crippen molar-refractivity contribution in [1.82, 2.24) is 5.32 Å². The maximum atomic E-state index is 11.9. The van der Waals surface area contributed by atoms with Gasteiger partial charge in [0.15, 0.2) is 5.79 Å². The third-order valence-electron chi connectivity index (χ3n) is 3.91. The van der Waals surface area contributed by atoms with E-state index in [4.69, 9.17) is 14.2 Å². The maximum Gasteiger partial charge on any atom is 0.220 e. The van der Waals surface area contributed by atoms with Crippen LogP contribution in [0.3, 0.4) is 0 Å². The minimum atomic E-state index is -0.343. The van der Waals surface area contributed by atoms with Gasteiger partial charge in [-0.25, -0.2) is 0 Å². The lowest BCUT2D eigenvalue weighted by Crippen LogP contribution is -2.44. The highest BCUT2D eigenvalue weighted by atomic mass is 16.7. The second-order valence-corrected chi connectivity index (χ2v) is 5.71. The van der Waals surface area contributed by atoms with Crippen molar-refractivity contribution in [3.8, 4) is 0 Å². The third kappa shape index (κ3) is 4.16. The predicted octanol–water partition coefficient (Wildman–Crippen LogP) is 1.46. The molecule has 2 aliphatic rings. The van der Waals surface area contributed by atoms with E-state index in [0.29, 0.717) is 26.2 Å². The molecule has 2 fully saturated rings. The first kappa shape index (κ1) is 14.8. The molecular weight excluding hydrogens is 246 g/mol. The molecule has 1 spiro atoms. The molecule has 2 rings (SSSR count). The van der Waals surface area contributed by atoms with Gasteiger partial charge in [-0.1, -0.05) is 6.92 Å². The van der Waals surface area contributed by atoms with Crippen LogP contribution in [0.25, 0.3) is 0 Å². The number of ether oxygens (including phenoxy) is 3. The Morgan fingerprint density at radius 3 is 2.58 bits per heavy atom. The second-order valence-electron chi connectivity index (χ2n) is 5.71. The molecule has 0 aromatic carbocycles. The van der Waals surface area contributed by atoms with Crippen LogP contribution >= 0.6 is 0 Å². The molecule has 1 N–H and O–H groups in total. The number of carbonyl (C=O) groups is 1. The van der Waals surface area contributed by atoms with Crippen LogP contribution < -0.4 is 5.32 Å². The van der Waals surface area contributed by atoms with E-state index < -0.39 is 0 Å². The summed E-state index contributed by atoms with van der Waals surface area (Å²) in [5.41, 5.74) is 0. The van der Waals surface area contributed by atoms with Crippen molar-refractivity contribution >= 4 is 5.91 Å². The fourth-order valence-corrected chi connectivity index (χ4v) is 2.93. The zero-order valence-electron chi connectivity index (χ0n) is 11.9. The van der Waals surface area contributed by atoms with E-state index in [1.807, 2.05) is 6.92 Å². The van der Waals surface area contributed by atoms with Crippen molar-refractivity contribution in [2.24, 2.45) is 5.92 Å².